The van der Waals surface area contributed by atoms with Crippen LogP contribution in [0, 0.1) is 5.82 Å². The third kappa shape index (κ3) is 2.32. The van der Waals surface area contributed by atoms with Gasteiger partial charge >= 0.3 is 0 Å². The molecule has 0 aliphatic carbocycles. The monoisotopic (exact) mass is 284 g/mol. The quantitative estimate of drug-likeness (QED) is 0.881. The van der Waals surface area contributed by atoms with E-state index in [1.54, 1.807) is 17.0 Å². The predicted octanol–water partition coefficient (Wildman–Crippen LogP) is 2.80. The van der Waals surface area contributed by atoms with Crippen molar-refractivity contribution in [1.82, 2.24) is 0 Å². The lowest BCUT2D eigenvalue weighted by Gasteiger charge is -2.45. The zero-order valence-corrected chi connectivity index (χ0v) is 11.8. The first-order valence-corrected chi connectivity index (χ1v) is 7.05. The first-order valence-electron chi connectivity index (χ1n) is 7.05. The standard InChI is InChI=1S/C17H17FN2O/c1-2-11-3-5-12(6-4-11)16-15(19)17(21)20(16)14-9-7-13(18)8-10-14/h3-10,15-16H,2,19H2,1H3/t15-,16+/m0/s1. The molecular weight excluding hydrogens is 267 g/mol. The minimum Gasteiger partial charge on any atom is -0.318 e. The van der Waals surface area contributed by atoms with Gasteiger partial charge in [-0.25, -0.2) is 4.39 Å². The minimum atomic E-state index is -0.539. The number of hydrogen-bond acceptors (Lipinski definition) is 2. The van der Waals surface area contributed by atoms with Gasteiger partial charge < -0.3 is 10.6 Å². The van der Waals surface area contributed by atoms with Crippen molar-refractivity contribution in [3.63, 3.8) is 0 Å². The highest BCUT2D eigenvalue weighted by Gasteiger charge is 2.46. The maximum Gasteiger partial charge on any atom is 0.247 e. The van der Waals surface area contributed by atoms with Crippen LogP contribution < -0.4 is 10.6 Å². The van der Waals surface area contributed by atoms with Crippen LogP contribution in [0.15, 0.2) is 48.5 Å². The van der Waals surface area contributed by atoms with Crippen LogP contribution in [-0.2, 0) is 11.2 Å². The van der Waals surface area contributed by atoms with E-state index in [2.05, 4.69) is 6.92 Å². The molecule has 0 radical (unpaired) electrons. The smallest absolute Gasteiger partial charge is 0.247 e. The Balaban J connectivity index is 1.92. The average molecular weight is 284 g/mol. The molecule has 0 bridgehead atoms. The fourth-order valence-electron chi connectivity index (χ4n) is 2.71. The number of benzene rings is 2. The van der Waals surface area contributed by atoms with Gasteiger partial charge in [0.25, 0.3) is 0 Å². The highest BCUT2D eigenvalue weighted by atomic mass is 19.1. The molecule has 0 saturated carbocycles. The van der Waals surface area contributed by atoms with Gasteiger partial charge in [0.15, 0.2) is 0 Å². The summed E-state index contributed by atoms with van der Waals surface area (Å²) in [4.78, 5) is 13.7. The van der Waals surface area contributed by atoms with Crippen molar-refractivity contribution >= 4 is 11.6 Å². The molecule has 3 nitrogen and oxygen atoms in total. The van der Waals surface area contributed by atoms with Crippen molar-refractivity contribution < 1.29 is 9.18 Å². The first-order chi connectivity index (χ1) is 10.1. The summed E-state index contributed by atoms with van der Waals surface area (Å²) in [6.45, 7) is 2.10. The van der Waals surface area contributed by atoms with E-state index in [4.69, 9.17) is 5.73 Å². The summed E-state index contributed by atoms with van der Waals surface area (Å²) in [7, 11) is 0. The number of rotatable bonds is 3. The number of hydrogen-bond donors (Lipinski definition) is 1. The van der Waals surface area contributed by atoms with E-state index in [1.165, 1.54) is 17.7 Å². The molecule has 2 atom stereocenters. The summed E-state index contributed by atoms with van der Waals surface area (Å²) in [5.41, 5.74) is 8.88. The fourth-order valence-corrected chi connectivity index (χ4v) is 2.71. The molecule has 1 aliphatic heterocycles. The lowest BCUT2D eigenvalue weighted by Crippen LogP contribution is -2.63. The van der Waals surface area contributed by atoms with E-state index in [1.807, 2.05) is 24.3 Å². The number of nitrogens with two attached hydrogens (primary N) is 1. The third-order valence-corrected chi connectivity index (χ3v) is 3.98. The SMILES string of the molecule is CCc1ccc([C@@H]2[C@H](N)C(=O)N2c2ccc(F)cc2)cc1. The number of aryl methyl sites for hydroxylation is 1. The molecule has 2 aromatic rings. The van der Waals surface area contributed by atoms with Crippen molar-refractivity contribution in [2.24, 2.45) is 5.73 Å². The van der Waals surface area contributed by atoms with Crippen molar-refractivity contribution in [3.05, 3.63) is 65.5 Å². The Morgan fingerprint density at radius 2 is 1.71 bits per heavy atom. The summed E-state index contributed by atoms with van der Waals surface area (Å²) < 4.78 is 13.0. The van der Waals surface area contributed by atoms with Crippen LogP contribution in [0.25, 0.3) is 0 Å². The predicted molar refractivity (Wildman–Crippen MR) is 80.4 cm³/mol. The fraction of sp³-hybridized carbons (Fsp3) is 0.235. The highest BCUT2D eigenvalue weighted by Crippen LogP contribution is 2.38. The summed E-state index contributed by atoms with van der Waals surface area (Å²) in [6, 6.07) is 13.3. The molecule has 0 unspecified atom stereocenters. The topological polar surface area (TPSA) is 46.3 Å². The normalized spacial score (nSPS) is 21.3. The van der Waals surface area contributed by atoms with Crippen LogP contribution in [0.3, 0.4) is 0 Å². The van der Waals surface area contributed by atoms with Crippen molar-refractivity contribution in [2.45, 2.75) is 25.4 Å². The molecule has 3 rings (SSSR count). The molecule has 4 heteroatoms. The first kappa shape index (κ1) is 13.8. The van der Waals surface area contributed by atoms with Gasteiger partial charge in [0.2, 0.25) is 5.91 Å². The number of halogens is 1. The Hall–Kier alpha value is -2.20. The molecule has 1 amide bonds. The third-order valence-electron chi connectivity index (χ3n) is 3.98. The largest absolute Gasteiger partial charge is 0.318 e. The molecule has 0 aromatic heterocycles. The highest BCUT2D eigenvalue weighted by molar-refractivity contribution is 6.05. The van der Waals surface area contributed by atoms with Crippen LogP contribution in [0.1, 0.15) is 24.1 Å². The number of carbonyl (C=O) groups is 1. The molecule has 1 heterocycles. The van der Waals surface area contributed by atoms with Crippen LogP contribution >= 0.6 is 0 Å². The maximum absolute atomic E-state index is 13.0. The lowest BCUT2D eigenvalue weighted by atomic mass is 9.88. The molecule has 21 heavy (non-hydrogen) atoms. The van der Waals surface area contributed by atoms with Crippen molar-refractivity contribution in [1.29, 1.82) is 0 Å². The number of carbonyl (C=O) groups excluding carboxylic acids is 1. The molecule has 1 saturated heterocycles. The van der Waals surface area contributed by atoms with Gasteiger partial charge in [-0.3, -0.25) is 4.79 Å². The maximum atomic E-state index is 13.0. The van der Waals surface area contributed by atoms with Gasteiger partial charge in [0.05, 0.1) is 6.04 Å². The molecular formula is C17H17FN2O. The zero-order chi connectivity index (χ0) is 15.0. The van der Waals surface area contributed by atoms with Gasteiger partial charge in [-0.2, -0.15) is 0 Å². The van der Waals surface area contributed by atoms with E-state index in [9.17, 15) is 9.18 Å². The molecule has 0 spiro atoms. The van der Waals surface area contributed by atoms with E-state index in [0.29, 0.717) is 5.69 Å². The Labute approximate surface area is 123 Å². The van der Waals surface area contributed by atoms with Crippen LogP contribution in [0.2, 0.25) is 0 Å². The Kier molecular flexibility index (Phi) is 3.47. The van der Waals surface area contributed by atoms with Crippen molar-refractivity contribution in [3.8, 4) is 0 Å². The second-order valence-electron chi connectivity index (χ2n) is 5.25. The molecule has 108 valence electrons. The van der Waals surface area contributed by atoms with E-state index in [0.717, 1.165) is 12.0 Å². The van der Waals surface area contributed by atoms with Crippen LogP contribution in [-0.4, -0.2) is 11.9 Å². The van der Waals surface area contributed by atoms with E-state index in [-0.39, 0.29) is 17.8 Å². The van der Waals surface area contributed by atoms with Gasteiger partial charge in [-0.05, 0) is 41.8 Å². The average Bonchev–Trinajstić information content (AvgIpc) is 2.53. The van der Waals surface area contributed by atoms with Crippen molar-refractivity contribution in [2.75, 3.05) is 4.90 Å². The second-order valence-corrected chi connectivity index (χ2v) is 5.25. The number of anilines is 1. The molecule has 1 aliphatic rings. The summed E-state index contributed by atoms with van der Waals surface area (Å²) >= 11 is 0. The Bertz CT molecular complexity index is 651. The van der Waals surface area contributed by atoms with Gasteiger partial charge in [-0.15, -0.1) is 0 Å². The lowest BCUT2D eigenvalue weighted by molar-refractivity contribution is -0.126. The minimum absolute atomic E-state index is 0.133. The van der Waals surface area contributed by atoms with Gasteiger partial charge in [0.1, 0.15) is 11.9 Å². The number of nitrogens with zero attached hydrogens (tertiary/aromatic N) is 1. The second kappa shape index (κ2) is 5.30. The van der Waals surface area contributed by atoms with Gasteiger partial charge in [0, 0.05) is 5.69 Å². The van der Waals surface area contributed by atoms with Crippen LogP contribution in [0.4, 0.5) is 10.1 Å². The number of β-lactam (4-membered cyclic amide) rings is 1. The van der Waals surface area contributed by atoms with E-state index < -0.39 is 6.04 Å². The summed E-state index contributed by atoms with van der Waals surface area (Å²) in [5, 5.41) is 0. The molecule has 1 fully saturated rings. The van der Waals surface area contributed by atoms with Crippen LogP contribution in [0.5, 0.6) is 0 Å². The summed E-state index contributed by atoms with van der Waals surface area (Å²) in [6.07, 6.45) is 0.970. The summed E-state index contributed by atoms with van der Waals surface area (Å²) in [5.74, 6) is -0.453. The molecule has 2 N–H and O–H groups in total. The molecule has 2 aromatic carbocycles. The Morgan fingerprint density at radius 3 is 2.29 bits per heavy atom. The number of amides is 1. The zero-order valence-electron chi connectivity index (χ0n) is 11.8. The Morgan fingerprint density at radius 1 is 1.10 bits per heavy atom. The van der Waals surface area contributed by atoms with Gasteiger partial charge in [-0.1, -0.05) is 31.2 Å². The van der Waals surface area contributed by atoms with E-state index >= 15 is 0 Å².